The van der Waals surface area contributed by atoms with Crippen molar-refractivity contribution in [2.24, 2.45) is 0 Å². The van der Waals surface area contributed by atoms with Crippen molar-refractivity contribution < 1.29 is 31.8 Å². The number of aromatic nitrogens is 5. The van der Waals surface area contributed by atoms with Crippen LogP contribution in [0.15, 0.2) is 43.0 Å². The maximum absolute atomic E-state index is 13.3. The topological polar surface area (TPSA) is 116 Å². The minimum absolute atomic E-state index is 0.000857. The zero-order valence-electron chi connectivity index (χ0n) is 15.6. The maximum Gasteiger partial charge on any atom is 0.507 e. The van der Waals surface area contributed by atoms with Crippen LogP contribution >= 0.6 is 0 Å². The molecule has 1 unspecified atom stereocenters. The number of urea groups is 1. The van der Waals surface area contributed by atoms with Crippen LogP contribution in [0.1, 0.15) is 18.8 Å². The molecule has 0 bridgehead atoms. The molecule has 4 rings (SSSR count). The maximum atomic E-state index is 13.3. The molecule has 0 aliphatic carbocycles. The summed E-state index contributed by atoms with van der Waals surface area (Å²) in [5.41, 5.74) is 0.000857. The Bertz CT molecular complexity index is 1110. The molecule has 0 saturated heterocycles. The first-order valence-electron chi connectivity index (χ1n) is 8.69. The van der Waals surface area contributed by atoms with Crippen LogP contribution < -0.4 is 20.1 Å². The van der Waals surface area contributed by atoms with Crippen molar-refractivity contribution >= 4 is 11.7 Å². The van der Waals surface area contributed by atoms with Gasteiger partial charge in [0, 0.05) is 24.1 Å². The van der Waals surface area contributed by atoms with Crippen LogP contribution in [0.3, 0.4) is 0 Å². The van der Waals surface area contributed by atoms with E-state index in [0.717, 1.165) is 12.1 Å². The molecular weight excluding hydrogens is 426 g/mol. The lowest BCUT2D eigenvalue weighted by molar-refractivity contribution is -0.391. The number of carbonyl (C=O) groups excluding carboxylic acids is 1. The molecule has 14 heteroatoms. The molecule has 2 aromatic heterocycles. The van der Waals surface area contributed by atoms with Crippen LogP contribution in [0.25, 0.3) is 5.95 Å². The van der Waals surface area contributed by atoms with Gasteiger partial charge in [-0.3, -0.25) is 0 Å². The van der Waals surface area contributed by atoms with E-state index in [0.29, 0.717) is 5.82 Å². The van der Waals surface area contributed by atoms with E-state index in [-0.39, 0.29) is 11.6 Å². The minimum Gasteiger partial charge on any atom is -0.421 e. The second-order valence-corrected chi connectivity index (χ2v) is 6.30. The third kappa shape index (κ3) is 3.91. The van der Waals surface area contributed by atoms with E-state index in [1.807, 2.05) is 0 Å². The summed E-state index contributed by atoms with van der Waals surface area (Å²) in [5.74, 6) is -0.673. The van der Waals surface area contributed by atoms with Gasteiger partial charge in [0.05, 0.1) is 6.04 Å². The van der Waals surface area contributed by atoms with Crippen molar-refractivity contribution in [3.05, 3.63) is 48.8 Å². The zero-order valence-corrected chi connectivity index (χ0v) is 15.6. The summed E-state index contributed by atoms with van der Waals surface area (Å²) >= 11 is 0. The van der Waals surface area contributed by atoms with Crippen molar-refractivity contribution in [1.82, 2.24) is 30.0 Å². The number of benzene rings is 1. The number of alkyl halides is 4. The first-order chi connectivity index (χ1) is 14.7. The predicted octanol–water partition coefficient (Wildman–Crippen LogP) is 2.90. The summed E-state index contributed by atoms with van der Waals surface area (Å²) in [6, 6.07) is 3.33. The molecular formula is C17H13F4N7O3. The number of rotatable bonds is 4. The van der Waals surface area contributed by atoms with Gasteiger partial charge in [0.2, 0.25) is 0 Å². The summed E-state index contributed by atoms with van der Waals surface area (Å²) in [7, 11) is 0. The van der Waals surface area contributed by atoms with Crippen molar-refractivity contribution in [3.8, 4) is 17.4 Å². The lowest BCUT2D eigenvalue weighted by Gasteiger charge is -2.31. The first kappa shape index (κ1) is 20.3. The molecule has 1 aliphatic heterocycles. The van der Waals surface area contributed by atoms with Crippen molar-refractivity contribution in [3.63, 3.8) is 0 Å². The van der Waals surface area contributed by atoms with Gasteiger partial charge in [-0.25, -0.2) is 19.7 Å². The smallest absolute Gasteiger partial charge is 0.421 e. The Labute approximate surface area is 171 Å². The van der Waals surface area contributed by atoms with E-state index in [4.69, 9.17) is 0 Å². The summed E-state index contributed by atoms with van der Waals surface area (Å²) in [6.45, 7) is 1.62. The number of amides is 2. The van der Waals surface area contributed by atoms with Gasteiger partial charge in [0.15, 0.2) is 17.3 Å². The SMILES string of the molecule is CC(NC(=O)Nc1ccc2c(c1)OC(F)(F)C(F)(F)O2)c1ncnn1-c1ncccn1. The number of halogens is 4. The highest BCUT2D eigenvalue weighted by Gasteiger charge is 2.65. The van der Waals surface area contributed by atoms with Gasteiger partial charge in [-0.05, 0) is 25.1 Å². The van der Waals surface area contributed by atoms with Gasteiger partial charge in [-0.15, -0.1) is 0 Å². The second-order valence-electron chi connectivity index (χ2n) is 6.30. The molecule has 3 aromatic rings. The Morgan fingerprint density at radius 2 is 1.74 bits per heavy atom. The normalized spacial score (nSPS) is 16.9. The summed E-state index contributed by atoms with van der Waals surface area (Å²) in [4.78, 5) is 24.5. The molecule has 1 aliphatic rings. The van der Waals surface area contributed by atoms with Crippen LogP contribution in [0, 0.1) is 0 Å². The Balaban J connectivity index is 1.45. The predicted molar refractivity (Wildman–Crippen MR) is 95.1 cm³/mol. The molecule has 0 fully saturated rings. The van der Waals surface area contributed by atoms with Crippen molar-refractivity contribution in [2.75, 3.05) is 5.32 Å². The highest BCUT2D eigenvalue weighted by Crippen LogP contribution is 2.47. The number of fused-ring (bicyclic) bond motifs is 1. The fourth-order valence-electron chi connectivity index (χ4n) is 2.67. The van der Waals surface area contributed by atoms with Gasteiger partial charge < -0.3 is 20.1 Å². The lowest BCUT2D eigenvalue weighted by atomic mass is 10.2. The van der Waals surface area contributed by atoms with E-state index in [1.165, 1.54) is 29.5 Å². The van der Waals surface area contributed by atoms with Gasteiger partial charge in [0.1, 0.15) is 6.33 Å². The molecule has 0 radical (unpaired) electrons. The van der Waals surface area contributed by atoms with Gasteiger partial charge in [0.25, 0.3) is 5.95 Å². The Hall–Kier alpha value is -3.97. The van der Waals surface area contributed by atoms with Crippen LogP contribution in [0.2, 0.25) is 0 Å². The highest BCUT2D eigenvalue weighted by atomic mass is 19.3. The number of anilines is 1. The molecule has 31 heavy (non-hydrogen) atoms. The summed E-state index contributed by atoms with van der Waals surface area (Å²) in [6.07, 6.45) is -5.39. The third-order valence-electron chi connectivity index (χ3n) is 4.07. The fraction of sp³-hybridized carbons (Fsp3) is 0.235. The van der Waals surface area contributed by atoms with E-state index in [9.17, 15) is 22.4 Å². The minimum atomic E-state index is -4.86. The van der Waals surface area contributed by atoms with E-state index < -0.39 is 35.8 Å². The number of nitrogens with zero attached hydrogens (tertiary/aromatic N) is 5. The third-order valence-corrected chi connectivity index (χ3v) is 4.07. The monoisotopic (exact) mass is 439 g/mol. The lowest BCUT2D eigenvalue weighted by Crippen LogP contribution is -2.52. The Morgan fingerprint density at radius 1 is 1.06 bits per heavy atom. The zero-order chi connectivity index (χ0) is 22.2. The summed E-state index contributed by atoms with van der Waals surface area (Å²) in [5, 5.41) is 8.99. The number of hydrogen-bond acceptors (Lipinski definition) is 7. The molecule has 2 amide bonds. The molecule has 3 heterocycles. The average Bonchev–Trinajstić information content (AvgIpc) is 3.19. The molecule has 1 aromatic carbocycles. The number of ether oxygens (including phenoxy) is 2. The standard InChI is InChI=1S/C17H13F4N7O3/c1-9(13-24-8-25-28(13)14-22-5-2-6-23-14)26-15(29)27-10-3-4-11-12(7-10)31-17(20,21)16(18,19)30-11/h2-9H,1H3,(H2,26,27,29). The quantitative estimate of drug-likeness (QED) is 0.601. The van der Waals surface area contributed by atoms with Crippen molar-refractivity contribution in [1.29, 1.82) is 0 Å². The van der Waals surface area contributed by atoms with Gasteiger partial charge in [-0.1, -0.05) is 0 Å². The van der Waals surface area contributed by atoms with Crippen LogP contribution in [0.5, 0.6) is 11.5 Å². The molecule has 0 saturated carbocycles. The molecule has 0 spiro atoms. The molecule has 2 N–H and O–H groups in total. The largest absolute Gasteiger partial charge is 0.507 e. The fourth-order valence-corrected chi connectivity index (χ4v) is 2.67. The highest BCUT2D eigenvalue weighted by molar-refractivity contribution is 5.89. The van der Waals surface area contributed by atoms with E-state index in [1.54, 1.807) is 13.0 Å². The van der Waals surface area contributed by atoms with Crippen LogP contribution in [-0.2, 0) is 0 Å². The van der Waals surface area contributed by atoms with Crippen LogP contribution in [0.4, 0.5) is 28.0 Å². The molecule has 10 nitrogen and oxygen atoms in total. The first-order valence-corrected chi connectivity index (χ1v) is 8.69. The Kier molecular flexibility index (Phi) is 4.83. The van der Waals surface area contributed by atoms with Gasteiger partial charge >= 0.3 is 18.2 Å². The second kappa shape index (κ2) is 7.37. The molecule has 1 atom stereocenters. The van der Waals surface area contributed by atoms with Crippen molar-refractivity contribution in [2.45, 2.75) is 25.2 Å². The average molecular weight is 439 g/mol. The van der Waals surface area contributed by atoms with Crippen LogP contribution in [-0.4, -0.2) is 43.0 Å². The molecule has 162 valence electrons. The summed E-state index contributed by atoms with van der Waals surface area (Å²) < 4.78 is 62.5. The van der Waals surface area contributed by atoms with Gasteiger partial charge in [-0.2, -0.15) is 27.3 Å². The van der Waals surface area contributed by atoms with E-state index in [2.05, 4.69) is 40.2 Å². The number of carbonyl (C=O) groups is 1. The number of hydrogen-bond donors (Lipinski definition) is 2. The Morgan fingerprint density at radius 3 is 2.45 bits per heavy atom. The number of nitrogens with one attached hydrogen (secondary N) is 2. The van der Waals surface area contributed by atoms with E-state index >= 15 is 0 Å².